The first kappa shape index (κ1) is 19.6. The van der Waals surface area contributed by atoms with E-state index in [0.717, 1.165) is 47.9 Å². The second kappa shape index (κ2) is 8.40. The molecule has 0 radical (unpaired) electrons. The van der Waals surface area contributed by atoms with Crippen LogP contribution in [0.1, 0.15) is 65.8 Å². The van der Waals surface area contributed by atoms with Crippen molar-refractivity contribution in [2.75, 3.05) is 26.7 Å². The number of aromatic nitrogens is 2. The normalized spacial score (nSPS) is 18.4. The van der Waals surface area contributed by atoms with Crippen molar-refractivity contribution in [3.63, 3.8) is 0 Å². The number of nitrogens with one attached hydrogen (secondary N) is 1. The number of hydrogen-bond acceptors (Lipinski definition) is 5. The minimum absolute atomic E-state index is 0.0280. The van der Waals surface area contributed by atoms with E-state index < -0.39 is 0 Å². The summed E-state index contributed by atoms with van der Waals surface area (Å²) in [5.41, 5.74) is 2.82. The second-order valence-corrected chi connectivity index (χ2v) is 9.11. The number of benzene rings is 1. The molecule has 1 aliphatic carbocycles. The number of ether oxygens (including phenoxy) is 1. The van der Waals surface area contributed by atoms with Gasteiger partial charge in [-0.25, -0.2) is 4.98 Å². The van der Waals surface area contributed by atoms with Crippen molar-refractivity contribution in [2.45, 2.75) is 44.1 Å². The zero-order valence-corrected chi connectivity index (χ0v) is 18.2. The summed E-state index contributed by atoms with van der Waals surface area (Å²) < 4.78 is 7.60. The van der Waals surface area contributed by atoms with E-state index in [-0.39, 0.29) is 11.9 Å². The average molecular weight is 425 g/mol. The van der Waals surface area contributed by atoms with Gasteiger partial charge in [-0.3, -0.25) is 14.1 Å². The van der Waals surface area contributed by atoms with Crippen LogP contribution in [0.5, 0.6) is 5.75 Å². The third kappa shape index (κ3) is 3.72. The first-order chi connectivity index (χ1) is 14.8. The van der Waals surface area contributed by atoms with Crippen LogP contribution in [0.3, 0.4) is 0 Å². The fourth-order valence-corrected chi connectivity index (χ4v) is 5.27. The Morgan fingerprint density at radius 1 is 1.27 bits per heavy atom. The highest BCUT2D eigenvalue weighted by atomic mass is 32.1. The molecule has 3 heterocycles. The Hall–Kier alpha value is -2.38. The highest BCUT2D eigenvalue weighted by Crippen LogP contribution is 2.42. The van der Waals surface area contributed by atoms with Crippen molar-refractivity contribution < 1.29 is 9.53 Å². The number of fused-ring (bicyclic) bond motifs is 1. The Balaban J connectivity index is 1.41. The molecule has 7 heteroatoms. The molecule has 1 saturated heterocycles. The lowest BCUT2D eigenvalue weighted by Crippen LogP contribution is -2.41. The summed E-state index contributed by atoms with van der Waals surface area (Å²) in [5, 5.41) is 5.23. The highest BCUT2D eigenvalue weighted by molar-refractivity contribution is 7.15. The summed E-state index contributed by atoms with van der Waals surface area (Å²) in [6, 6.07) is 8.27. The van der Waals surface area contributed by atoms with Crippen LogP contribution in [0.15, 0.2) is 35.8 Å². The standard InChI is InChI=1S/C23H28N4O2S/c1-29-19-8-4-3-7-17(19)18(26-11-5-2-6-12-26)15-24-22(28)21-20(16-9-10-16)25-23-27(21)13-14-30-23/h3-4,7-8,13-14,16,18H,2,5-6,9-12,15H2,1H3,(H,24,28). The predicted octanol–water partition coefficient (Wildman–Crippen LogP) is 4.24. The molecule has 2 fully saturated rings. The number of para-hydroxylation sites is 1. The first-order valence-electron chi connectivity index (χ1n) is 10.9. The molecular formula is C23H28N4O2S. The quantitative estimate of drug-likeness (QED) is 0.616. The van der Waals surface area contributed by atoms with Crippen LogP contribution >= 0.6 is 11.3 Å². The second-order valence-electron chi connectivity index (χ2n) is 8.24. The molecule has 0 bridgehead atoms. The van der Waals surface area contributed by atoms with Gasteiger partial charge in [0.2, 0.25) is 0 Å². The molecule has 1 amide bonds. The number of rotatable bonds is 7. The predicted molar refractivity (Wildman–Crippen MR) is 119 cm³/mol. The lowest BCUT2D eigenvalue weighted by molar-refractivity contribution is 0.0916. The summed E-state index contributed by atoms with van der Waals surface area (Å²) in [7, 11) is 1.71. The zero-order chi connectivity index (χ0) is 20.5. The maximum atomic E-state index is 13.3. The molecule has 2 aromatic heterocycles. The smallest absolute Gasteiger partial charge is 0.270 e. The molecule has 1 aromatic carbocycles. The van der Waals surface area contributed by atoms with Gasteiger partial charge in [0, 0.05) is 29.6 Å². The number of likely N-dealkylation sites (tertiary alicyclic amines) is 1. The Morgan fingerprint density at radius 2 is 2.07 bits per heavy atom. The number of nitrogens with zero attached hydrogens (tertiary/aromatic N) is 3. The van der Waals surface area contributed by atoms with E-state index in [4.69, 9.17) is 9.72 Å². The van der Waals surface area contributed by atoms with Gasteiger partial charge in [0.05, 0.1) is 18.8 Å². The van der Waals surface area contributed by atoms with Gasteiger partial charge in [0.15, 0.2) is 4.96 Å². The minimum atomic E-state index is -0.0280. The van der Waals surface area contributed by atoms with Gasteiger partial charge in [0.25, 0.3) is 5.91 Å². The average Bonchev–Trinajstić information content (AvgIpc) is 3.42. The molecular weight excluding hydrogens is 396 g/mol. The molecule has 1 atom stereocenters. The number of thiazole rings is 1. The Bertz CT molecular complexity index is 1030. The fourth-order valence-electron chi connectivity index (χ4n) is 4.55. The first-order valence-corrected chi connectivity index (χ1v) is 11.7. The van der Waals surface area contributed by atoms with E-state index in [2.05, 4.69) is 16.3 Å². The van der Waals surface area contributed by atoms with Gasteiger partial charge in [-0.15, -0.1) is 11.3 Å². The summed E-state index contributed by atoms with van der Waals surface area (Å²) in [4.78, 5) is 21.5. The van der Waals surface area contributed by atoms with Crippen molar-refractivity contribution in [3.8, 4) is 5.75 Å². The van der Waals surface area contributed by atoms with Crippen molar-refractivity contribution in [2.24, 2.45) is 0 Å². The van der Waals surface area contributed by atoms with Gasteiger partial charge in [-0.1, -0.05) is 24.6 Å². The van der Waals surface area contributed by atoms with Crippen molar-refractivity contribution in [1.82, 2.24) is 19.6 Å². The maximum Gasteiger partial charge on any atom is 0.270 e. The van der Waals surface area contributed by atoms with Gasteiger partial charge < -0.3 is 10.1 Å². The zero-order valence-electron chi connectivity index (χ0n) is 17.3. The number of piperidine rings is 1. The molecule has 1 unspecified atom stereocenters. The van der Waals surface area contributed by atoms with Gasteiger partial charge in [-0.05, 0) is 44.8 Å². The third-order valence-electron chi connectivity index (χ3n) is 6.25. The maximum absolute atomic E-state index is 13.3. The van der Waals surface area contributed by atoms with E-state index in [9.17, 15) is 4.79 Å². The molecule has 5 rings (SSSR count). The van der Waals surface area contributed by atoms with Crippen molar-refractivity contribution >= 4 is 22.2 Å². The lowest BCUT2D eigenvalue weighted by Gasteiger charge is -2.35. The molecule has 1 N–H and O–H groups in total. The summed E-state index contributed by atoms with van der Waals surface area (Å²) in [5.74, 6) is 1.29. The number of methoxy groups -OCH3 is 1. The van der Waals surface area contributed by atoms with Crippen LogP contribution in [0.2, 0.25) is 0 Å². The fraction of sp³-hybridized carbons (Fsp3) is 0.478. The molecule has 3 aromatic rings. The molecule has 0 spiro atoms. The Labute approximate surface area is 180 Å². The van der Waals surface area contributed by atoms with Gasteiger partial charge in [-0.2, -0.15) is 0 Å². The SMILES string of the molecule is COc1ccccc1C(CNC(=O)c1c(C2CC2)nc2sccn12)N1CCCCC1. The molecule has 1 saturated carbocycles. The largest absolute Gasteiger partial charge is 0.496 e. The highest BCUT2D eigenvalue weighted by Gasteiger charge is 2.33. The molecule has 6 nitrogen and oxygen atoms in total. The molecule has 1 aliphatic heterocycles. The number of carbonyl (C=O) groups excluding carboxylic acids is 1. The van der Waals surface area contributed by atoms with Crippen LogP contribution in [-0.4, -0.2) is 46.9 Å². The topological polar surface area (TPSA) is 58.9 Å². The van der Waals surface area contributed by atoms with Crippen LogP contribution in [0.4, 0.5) is 0 Å². The van der Waals surface area contributed by atoms with Crippen LogP contribution in [0, 0.1) is 0 Å². The van der Waals surface area contributed by atoms with Crippen LogP contribution in [-0.2, 0) is 0 Å². The molecule has 30 heavy (non-hydrogen) atoms. The monoisotopic (exact) mass is 424 g/mol. The molecule has 158 valence electrons. The van der Waals surface area contributed by atoms with E-state index in [1.807, 2.05) is 34.2 Å². The number of amides is 1. The number of carbonyl (C=O) groups is 1. The Morgan fingerprint density at radius 3 is 2.83 bits per heavy atom. The van der Waals surface area contributed by atoms with Crippen molar-refractivity contribution in [1.29, 1.82) is 0 Å². The minimum Gasteiger partial charge on any atom is -0.496 e. The number of hydrogen-bond donors (Lipinski definition) is 1. The third-order valence-corrected chi connectivity index (χ3v) is 7.01. The van der Waals surface area contributed by atoms with E-state index >= 15 is 0 Å². The van der Waals surface area contributed by atoms with E-state index in [1.54, 1.807) is 18.4 Å². The van der Waals surface area contributed by atoms with Crippen molar-refractivity contribution in [3.05, 3.63) is 52.8 Å². The van der Waals surface area contributed by atoms with Gasteiger partial charge >= 0.3 is 0 Å². The van der Waals surface area contributed by atoms with E-state index in [0.29, 0.717) is 18.2 Å². The molecule has 2 aliphatic rings. The van der Waals surface area contributed by atoms with Crippen LogP contribution in [0.25, 0.3) is 4.96 Å². The summed E-state index contributed by atoms with van der Waals surface area (Å²) in [6.45, 7) is 2.65. The Kier molecular flexibility index (Phi) is 5.48. The van der Waals surface area contributed by atoms with Crippen LogP contribution < -0.4 is 10.1 Å². The summed E-state index contributed by atoms with van der Waals surface area (Å²) in [6.07, 6.45) is 7.88. The lowest BCUT2D eigenvalue weighted by atomic mass is 10.0. The number of imidazole rings is 1. The summed E-state index contributed by atoms with van der Waals surface area (Å²) >= 11 is 1.58. The van der Waals surface area contributed by atoms with E-state index in [1.165, 1.54) is 19.3 Å². The van der Waals surface area contributed by atoms with Gasteiger partial charge in [0.1, 0.15) is 11.4 Å².